The molecule has 6 atom stereocenters. The van der Waals surface area contributed by atoms with Gasteiger partial charge in [-0.15, -0.1) is 0 Å². The summed E-state index contributed by atoms with van der Waals surface area (Å²) in [5.41, 5.74) is 1.70. The lowest BCUT2D eigenvalue weighted by molar-refractivity contribution is -0.182. The third-order valence-electron chi connectivity index (χ3n) is 4.65. The molecule has 2 unspecified atom stereocenters. The number of aliphatic hydroxyl groups is 2. The van der Waals surface area contributed by atoms with Crippen molar-refractivity contribution in [2.45, 2.75) is 37.0 Å². The zero-order valence-corrected chi connectivity index (χ0v) is 14.2. The minimum atomic E-state index is -1.13. The van der Waals surface area contributed by atoms with Gasteiger partial charge in [0.15, 0.2) is 12.6 Å². The van der Waals surface area contributed by atoms with Crippen LogP contribution in [0.4, 0.5) is 0 Å². The van der Waals surface area contributed by atoms with Crippen molar-refractivity contribution >= 4 is 0 Å². The standard InChI is InChI=1S/C20H22O6/c21-15-11-23-19(13-7-3-1-4-8-13)24-12-16-18(17(15)22)26-20(25-16)14-9-5-2-6-10-14/h1-10,15-22H,11-12H2/t15-,16+,17-,18-,19?,20?/m0/s1. The van der Waals surface area contributed by atoms with E-state index in [1.165, 1.54) is 0 Å². The molecule has 2 fully saturated rings. The van der Waals surface area contributed by atoms with Crippen molar-refractivity contribution in [2.75, 3.05) is 13.2 Å². The predicted octanol–water partition coefficient (Wildman–Crippen LogP) is 1.94. The Balaban J connectivity index is 1.53. The van der Waals surface area contributed by atoms with E-state index in [-0.39, 0.29) is 13.2 Å². The highest BCUT2D eigenvalue weighted by Crippen LogP contribution is 2.35. The van der Waals surface area contributed by atoms with Crippen LogP contribution in [0.2, 0.25) is 0 Å². The fraction of sp³-hybridized carbons (Fsp3) is 0.400. The number of aliphatic hydroxyl groups excluding tert-OH is 2. The quantitative estimate of drug-likeness (QED) is 0.854. The van der Waals surface area contributed by atoms with Gasteiger partial charge in [-0.3, -0.25) is 0 Å². The molecule has 0 aliphatic carbocycles. The SMILES string of the molecule is O[C@@H]1[C@H]2OC(c3ccccc3)O[C@@H]2COC(c2ccccc2)OC[C@@H]1O. The van der Waals surface area contributed by atoms with Gasteiger partial charge in [-0.05, 0) is 0 Å². The van der Waals surface area contributed by atoms with Crippen LogP contribution in [-0.2, 0) is 18.9 Å². The van der Waals surface area contributed by atoms with Crippen LogP contribution in [0.15, 0.2) is 60.7 Å². The van der Waals surface area contributed by atoms with E-state index in [9.17, 15) is 10.2 Å². The van der Waals surface area contributed by atoms with Crippen molar-refractivity contribution in [2.24, 2.45) is 0 Å². The van der Waals surface area contributed by atoms with E-state index >= 15 is 0 Å². The summed E-state index contributed by atoms with van der Waals surface area (Å²) < 4.78 is 23.4. The Labute approximate surface area is 151 Å². The van der Waals surface area contributed by atoms with Crippen molar-refractivity contribution in [3.8, 4) is 0 Å². The second-order valence-corrected chi connectivity index (χ2v) is 6.49. The molecule has 0 saturated carbocycles. The molecule has 26 heavy (non-hydrogen) atoms. The lowest BCUT2D eigenvalue weighted by Gasteiger charge is -2.23. The molecule has 0 bridgehead atoms. The van der Waals surface area contributed by atoms with Crippen LogP contribution in [-0.4, -0.2) is 47.8 Å². The molecule has 0 radical (unpaired) electrons. The van der Waals surface area contributed by atoms with Crippen LogP contribution in [0.25, 0.3) is 0 Å². The lowest BCUT2D eigenvalue weighted by atomic mass is 10.0. The highest BCUT2D eigenvalue weighted by Gasteiger charge is 2.45. The molecular formula is C20H22O6. The minimum absolute atomic E-state index is 0.0662. The highest BCUT2D eigenvalue weighted by molar-refractivity contribution is 5.18. The number of hydrogen-bond donors (Lipinski definition) is 2. The number of fused-ring (bicyclic) bond motifs is 1. The zero-order chi connectivity index (χ0) is 17.9. The smallest absolute Gasteiger partial charge is 0.184 e. The van der Waals surface area contributed by atoms with E-state index in [1.807, 2.05) is 60.7 Å². The van der Waals surface area contributed by atoms with Gasteiger partial charge in [0.25, 0.3) is 0 Å². The van der Waals surface area contributed by atoms with E-state index in [4.69, 9.17) is 18.9 Å². The number of rotatable bonds is 2. The van der Waals surface area contributed by atoms with Gasteiger partial charge in [-0.25, -0.2) is 0 Å². The zero-order valence-electron chi connectivity index (χ0n) is 14.2. The van der Waals surface area contributed by atoms with Gasteiger partial charge in [0.2, 0.25) is 0 Å². The molecule has 4 rings (SSSR count). The largest absolute Gasteiger partial charge is 0.388 e. The molecule has 2 aliphatic heterocycles. The first kappa shape index (κ1) is 17.6. The molecule has 2 saturated heterocycles. The summed E-state index contributed by atoms with van der Waals surface area (Å²) in [7, 11) is 0. The van der Waals surface area contributed by atoms with Crippen LogP contribution in [0.5, 0.6) is 0 Å². The van der Waals surface area contributed by atoms with Crippen molar-refractivity contribution in [1.82, 2.24) is 0 Å². The summed E-state index contributed by atoms with van der Waals surface area (Å²) in [5.74, 6) is 0. The first-order valence-electron chi connectivity index (χ1n) is 8.72. The monoisotopic (exact) mass is 358 g/mol. The van der Waals surface area contributed by atoms with Gasteiger partial charge in [-0.2, -0.15) is 0 Å². The Hall–Kier alpha value is -1.80. The summed E-state index contributed by atoms with van der Waals surface area (Å²) in [6, 6.07) is 19.0. The fourth-order valence-electron chi connectivity index (χ4n) is 3.24. The molecule has 2 heterocycles. The topological polar surface area (TPSA) is 77.4 Å². The summed E-state index contributed by atoms with van der Waals surface area (Å²) in [5, 5.41) is 20.8. The normalized spacial score (nSPS) is 35.2. The van der Waals surface area contributed by atoms with Gasteiger partial charge >= 0.3 is 0 Å². The molecule has 2 aromatic rings. The molecule has 2 aliphatic rings. The molecule has 0 amide bonds. The molecule has 6 heteroatoms. The third-order valence-corrected chi connectivity index (χ3v) is 4.65. The van der Waals surface area contributed by atoms with Crippen molar-refractivity contribution in [1.29, 1.82) is 0 Å². The maximum Gasteiger partial charge on any atom is 0.184 e. The van der Waals surface area contributed by atoms with E-state index in [0.717, 1.165) is 11.1 Å². The Bertz CT molecular complexity index is 694. The lowest BCUT2D eigenvalue weighted by Crippen LogP contribution is -2.45. The molecular weight excluding hydrogens is 336 g/mol. The van der Waals surface area contributed by atoms with Crippen LogP contribution in [0.1, 0.15) is 23.7 Å². The maximum absolute atomic E-state index is 10.5. The van der Waals surface area contributed by atoms with E-state index in [0.29, 0.717) is 0 Å². The molecule has 2 aromatic carbocycles. The van der Waals surface area contributed by atoms with Crippen molar-refractivity contribution in [3.05, 3.63) is 71.8 Å². The third kappa shape index (κ3) is 3.66. The van der Waals surface area contributed by atoms with Gasteiger partial charge in [0, 0.05) is 11.1 Å². The van der Waals surface area contributed by atoms with Crippen molar-refractivity contribution < 1.29 is 29.2 Å². The predicted molar refractivity (Wildman–Crippen MR) is 92.0 cm³/mol. The summed E-state index contributed by atoms with van der Waals surface area (Å²) >= 11 is 0. The Morgan fingerprint density at radius 1 is 0.692 bits per heavy atom. The maximum atomic E-state index is 10.5. The second-order valence-electron chi connectivity index (χ2n) is 6.49. The summed E-state index contributed by atoms with van der Waals surface area (Å²) in [4.78, 5) is 0. The van der Waals surface area contributed by atoms with Crippen molar-refractivity contribution in [3.63, 3.8) is 0 Å². The average molecular weight is 358 g/mol. The number of ether oxygens (including phenoxy) is 4. The number of hydrogen-bond acceptors (Lipinski definition) is 6. The van der Waals surface area contributed by atoms with Crippen LogP contribution >= 0.6 is 0 Å². The van der Waals surface area contributed by atoms with E-state index in [2.05, 4.69) is 0 Å². The Morgan fingerprint density at radius 2 is 1.27 bits per heavy atom. The van der Waals surface area contributed by atoms with E-state index in [1.54, 1.807) is 0 Å². The summed E-state index contributed by atoms with van der Waals surface area (Å²) in [6.45, 7) is 0.112. The van der Waals surface area contributed by atoms with Crippen LogP contribution in [0, 0.1) is 0 Å². The van der Waals surface area contributed by atoms with Crippen LogP contribution < -0.4 is 0 Å². The minimum Gasteiger partial charge on any atom is -0.388 e. The first-order valence-corrected chi connectivity index (χ1v) is 8.72. The second kappa shape index (κ2) is 7.84. The van der Waals surface area contributed by atoms with E-state index < -0.39 is 37.0 Å². The van der Waals surface area contributed by atoms with Crippen LogP contribution in [0.3, 0.4) is 0 Å². The summed E-state index contributed by atoms with van der Waals surface area (Å²) in [6.07, 6.45) is -4.70. The first-order chi connectivity index (χ1) is 12.7. The molecule has 2 N–H and O–H groups in total. The highest BCUT2D eigenvalue weighted by atomic mass is 16.8. The molecule has 0 aromatic heterocycles. The molecule has 6 nitrogen and oxygen atoms in total. The van der Waals surface area contributed by atoms with Gasteiger partial charge in [0.1, 0.15) is 24.4 Å². The molecule has 138 valence electrons. The fourth-order valence-corrected chi connectivity index (χ4v) is 3.24. The molecule has 0 spiro atoms. The Morgan fingerprint density at radius 3 is 1.92 bits per heavy atom. The van der Waals surface area contributed by atoms with Gasteiger partial charge in [-0.1, -0.05) is 60.7 Å². The average Bonchev–Trinajstić information content (AvgIpc) is 3.13. The Kier molecular flexibility index (Phi) is 5.31. The van der Waals surface area contributed by atoms with Gasteiger partial charge in [0.05, 0.1) is 13.2 Å². The van der Waals surface area contributed by atoms with Gasteiger partial charge < -0.3 is 29.2 Å². The number of benzene rings is 2.